The van der Waals surface area contributed by atoms with E-state index in [0.29, 0.717) is 16.5 Å². The zero-order chi connectivity index (χ0) is 54.4. The van der Waals surface area contributed by atoms with E-state index in [-0.39, 0.29) is 95.0 Å². The van der Waals surface area contributed by atoms with E-state index in [1.165, 1.54) is 41.3 Å². The summed E-state index contributed by atoms with van der Waals surface area (Å²) in [6, 6.07) is 19.7. The Bertz CT molecular complexity index is 1790. The van der Waals surface area contributed by atoms with Crippen LogP contribution in [0.2, 0.25) is 5.02 Å². The molecular weight excluding hydrogens is 1040 g/mol. The van der Waals surface area contributed by atoms with Gasteiger partial charge in [0.15, 0.2) is 0 Å². The third kappa shape index (κ3) is 37.2. The average molecular weight is 1130 g/mol. The summed E-state index contributed by atoms with van der Waals surface area (Å²) in [5, 5.41) is 1.41. The maximum atomic E-state index is 6.05. The van der Waals surface area contributed by atoms with Crippen LogP contribution in [0.15, 0.2) is 54.6 Å². The molecule has 0 unspecified atom stereocenters. The molecule has 0 aromatic heterocycles. The molecule has 0 N–H and O–H groups in total. The number of rotatable bonds is 14. The monoisotopic (exact) mass is 1130 g/mol. The first kappa shape index (κ1) is 78.2. The molecule has 4 rings (SSSR count). The third-order valence-electron chi connectivity index (χ3n) is 7.99. The molecule has 0 atom stereocenters. The van der Waals surface area contributed by atoms with Crippen molar-refractivity contribution in [3.8, 4) is 34.5 Å². The van der Waals surface area contributed by atoms with Crippen LogP contribution in [-0.2, 0) is 35.7 Å². The zero-order valence-corrected chi connectivity index (χ0v) is 55.8. The van der Waals surface area contributed by atoms with Crippen LogP contribution < -0.4 is 46.0 Å². The van der Waals surface area contributed by atoms with Crippen LogP contribution in [-0.4, -0.2) is 161 Å². The van der Waals surface area contributed by atoms with Crippen LogP contribution in [0.4, 0.5) is 0 Å². The first-order valence-corrected chi connectivity index (χ1v) is 27.2. The van der Waals surface area contributed by atoms with Gasteiger partial charge in [0.05, 0.1) is 11.2 Å². The first-order chi connectivity index (χ1) is 31.9. The Balaban J connectivity index is -0.000000207. The maximum absolute atomic E-state index is 6.05. The number of ether oxygens (including phenoxy) is 7. The quantitative estimate of drug-likeness (QED) is 0.113. The van der Waals surface area contributed by atoms with Crippen molar-refractivity contribution in [2.75, 3.05) is 63.0 Å². The van der Waals surface area contributed by atoms with Gasteiger partial charge in [-0.3, -0.25) is 0 Å². The molecule has 73 heavy (non-hydrogen) atoms. The summed E-state index contributed by atoms with van der Waals surface area (Å²) >= 11 is 6.05. The summed E-state index contributed by atoms with van der Waals surface area (Å²) in [5.41, 5.74) is -1.54. The number of halogens is 2. The summed E-state index contributed by atoms with van der Waals surface area (Å²) in [6.07, 6.45) is 2.56. The summed E-state index contributed by atoms with van der Waals surface area (Å²) < 4.78 is 76.1. The molecule has 20 heteroatoms. The fourth-order valence-corrected chi connectivity index (χ4v) is 8.86. The smallest absolute Gasteiger partial charge is 1.00 e. The largest absolute Gasteiger partial charge is 2.00 e. The van der Waals surface area contributed by atoms with Gasteiger partial charge in [0, 0.05) is 96.8 Å². The van der Waals surface area contributed by atoms with E-state index >= 15 is 0 Å². The van der Waals surface area contributed by atoms with Gasteiger partial charge in [-0.1, -0.05) is 17.7 Å². The molecule has 0 saturated carbocycles. The minimum absolute atomic E-state index is 0. The molecule has 3 aromatic rings. The van der Waals surface area contributed by atoms with Gasteiger partial charge in [-0.15, -0.1) is 12.1 Å². The normalized spacial score (nSPS) is 12.8. The second kappa shape index (κ2) is 35.2. The van der Waals surface area contributed by atoms with Gasteiger partial charge in [-0.05, 0) is 162 Å². The van der Waals surface area contributed by atoms with Gasteiger partial charge in [0.2, 0.25) is 0 Å². The molecule has 0 aliphatic carbocycles. The first-order valence-electron chi connectivity index (χ1n) is 23.4. The number of benzene rings is 3. The second-order valence-electron chi connectivity index (χ2n) is 21.8. The van der Waals surface area contributed by atoms with Crippen LogP contribution in [0, 0.1) is 6.07 Å². The van der Waals surface area contributed by atoms with Gasteiger partial charge >= 0.3 is 64.0 Å². The Kier molecular flexibility index (Phi) is 37.7. The number of hydrogen-bond donors (Lipinski definition) is 0. The molecule has 0 amide bonds. The van der Waals surface area contributed by atoms with Crippen molar-refractivity contribution in [1.82, 2.24) is 0 Å². The van der Waals surface area contributed by atoms with Crippen LogP contribution in [0.25, 0.3) is 0 Å². The predicted octanol–water partition coefficient (Wildman–Crippen LogP) is 8.93. The van der Waals surface area contributed by atoms with E-state index in [4.69, 9.17) is 75.7 Å². The van der Waals surface area contributed by atoms with E-state index in [1.807, 2.05) is 167 Å². The minimum atomic E-state index is -2.97. The summed E-state index contributed by atoms with van der Waals surface area (Å²) in [6.45, 7) is 38.1. The van der Waals surface area contributed by atoms with E-state index in [0.717, 1.165) is 41.4 Å². The van der Waals surface area contributed by atoms with Crippen molar-refractivity contribution in [1.29, 1.82) is 0 Å². The van der Waals surface area contributed by atoms with Crippen molar-refractivity contribution >= 4 is 80.7 Å². The van der Waals surface area contributed by atoms with E-state index in [2.05, 4.69) is 6.07 Å². The fourth-order valence-electron chi connectivity index (χ4n) is 5.80. The van der Waals surface area contributed by atoms with Crippen molar-refractivity contribution in [2.45, 2.75) is 171 Å². The molecule has 3 aromatic carbocycles. The van der Waals surface area contributed by atoms with Crippen LogP contribution in [0.1, 0.15) is 140 Å². The van der Waals surface area contributed by atoms with Crippen molar-refractivity contribution in [3.63, 3.8) is 0 Å². The van der Waals surface area contributed by atoms with E-state index < -0.39 is 17.9 Å². The molecule has 1 heterocycles. The molecule has 1 saturated heterocycles. The third-order valence-corrected chi connectivity index (χ3v) is 12.8. The zero-order valence-electron chi connectivity index (χ0n) is 51.4. The van der Waals surface area contributed by atoms with Gasteiger partial charge in [-0.2, -0.15) is 6.07 Å². The van der Waals surface area contributed by atoms with Gasteiger partial charge < -0.3 is 79.4 Å². The Hall–Kier alpha value is -1.31. The Morgan fingerprint density at radius 3 is 0.863 bits per heavy atom. The molecule has 0 bridgehead atoms. The minimum Gasteiger partial charge on any atom is -1.00 e. The fraction of sp³-hybridized carbons (Fsp3) is 0.660. The molecule has 0 spiro atoms. The summed E-state index contributed by atoms with van der Waals surface area (Å²) in [4.78, 5) is 0. The van der Waals surface area contributed by atoms with Crippen LogP contribution in [0.5, 0.6) is 34.5 Å². The van der Waals surface area contributed by atoms with E-state index in [9.17, 15) is 0 Å². The van der Waals surface area contributed by atoms with Crippen molar-refractivity contribution in [2.24, 2.45) is 0 Å². The average Bonchev–Trinajstić information content (AvgIpc) is 3.78. The predicted molar refractivity (Wildman–Crippen MR) is 299 cm³/mol. The molecule has 1 fully saturated rings. The van der Waals surface area contributed by atoms with Crippen LogP contribution in [0.3, 0.4) is 0 Å². The SMILES string of the molecule is C1CCOC1.CC(C)(C)Oc1c[c-]cc(OC(C)(C)C)c1.CC(C)(C)Oc1cc(Cl)cc(OC(C)(C)C)c1.CO[Si](OC)(OC)OC.CO[Si](OC)(OC)c1cc(OC(C)(C)C)cc(OC(C)(C)C)c1.[Cl-].[H-].[H-].[Mg+2].[Mg+2]. The Morgan fingerprint density at radius 1 is 0.411 bits per heavy atom. The number of hydrogen-bond acceptors (Lipinski definition) is 14. The molecule has 14 nitrogen and oxygen atoms in total. The Labute approximate surface area is 491 Å². The molecule has 1 aliphatic rings. The molecule has 0 radical (unpaired) electrons. The van der Waals surface area contributed by atoms with Gasteiger partial charge in [0.1, 0.15) is 45.4 Å². The molecular formula is C53H94Cl2Mg2O14Si2. The van der Waals surface area contributed by atoms with Crippen molar-refractivity contribution in [3.05, 3.63) is 65.7 Å². The van der Waals surface area contributed by atoms with Crippen molar-refractivity contribution < 1.29 is 79.4 Å². The standard InChI is InChI=1S/C17H30O5Si.C14H21ClO2.C14H21O2.C4H12O4Si.C4H8O.ClH.2Mg.2H/c1-16(2,3)21-13-10-14(22-17(4,5)6)12-15(11-13)23(18-7,19-8)20-9;1-13(2,3)16-11-7-10(15)8-12(9-11)17-14(4,5)6;1-13(2,3)15-11-8-7-9-12(10-11)16-14(4,5)6;1-5-9(6-2,7-3)8-4;1-2-4-5-3-1;;;;;/h10-12H,1-9H3;7-9H,1-6H3;8-10H,1-6H3;1-4H3;1-4H2;1H;;;;/q;;-1;;;;2*+2;2*-1/p-1. The maximum Gasteiger partial charge on any atom is 2.00 e. The van der Waals surface area contributed by atoms with E-state index in [1.54, 1.807) is 33.5 Å². The van der Waals surface area contributed by atoms with Gasteiger partial charge in [0.25, 0.3) is 0 Å². The summed E-state index contributed by atoms with van der Waals surface area (Å²) in [5.74, 6) is 4.41. The molecule has 416 valence electrons. The second-order valence-corrected chi connectivity index (χ2v) is 27.8. The Morgan fingerprint density at radius 2 is 0.658 bits per heavy atom. The molecule has 1 aliphatic heterocycles. The summed E-state index contributed by atoms with van der Waals surface area (Å²) in [7, 11) is 5.05. The van der Waals surface area contributed by atoms with Gasteiger partial charge in [-0.25, -0.2) is 0 Å². The van der Waals surface area contributed by atoms with Crippen LogP contribution >= 0.6 is 11.6 Å². The topological polar surface area (TPSA) is 129 Å².